The molecule has 0 spiro atoms. The predicted octanol–water partition coefficient (Wildman–Crippen LogP) is 3.51. The van der Waals surface area contributed by atoms with Crippen LogP contribution in [0.25, 0.3) is 0 Å². The van der Waals surface area contributed by atoms with Gasteiger partial charge in [0.25, 0.3) is 0 Å². The van der Waals surface area contributed by atoms with Crippen molar-refractivity contribution in [3.63, 3.8) is 0 Å². The molecule has 1 N–H and O–H groups in total. The molecule has 0 bridgehead atoms. The van der Waals surface area contributed by atoms with Gasteiger partial charge in [0.1, 0.15) is 12.5 Å². The normalized spacial score (nSPS) is 22.8. The fourth-order valence-corrected chi connectivity index (χ4v) is 4.44. The SMILES string of the molecule is COCCOC(=O)C1=C(C)NC2=C(C(=O)[C@@H](C(=O)OC)[C@@H](C)C2)[C@@H]1c1ccc(C(F)(F)F)cc1. The average molecular weight is 481 g/mol. The summed E-state index contributed by atoms with van der Waals surface area (Å²) in [6.45, 7) is 3.47. The van der Waals surface area contributed by atoms with Crippen LogP contribution in [0.5, 0.6) is 0 Å². The maximum atomic E-state index is 13.5. The number of methoxy groups -OCH3 is 2. The molecule has 3 rings (SSSR count). The molecule has 0 radical (unpaired) electrons. The van der Waals surface area contributed by atoms with Crippen molar-refractivity contribution in [2.45, 2.75) is 32.4 Å². The highest BCUT2D eigenvalue weighted by atomic mass is 19.4. The Hall–Kier alpha value is -3.14. The highest BCUT2D eigenvalue weighted by Crippen LogP contribution is 2.45. The van der Waals surface area contributed by atoms with Gasteiger partial charge in [0, 0.05) is 30.0 Å². The van der Waals surface area contributed by atoms with Gasteiger partial charge in [-0.3, -0.25) is 9.59 Å². The number of esters is 2. The summed E-state index contributed by atoms with van der Waals surface area (Å²) in [7, 11) is 2.62. The number of carbonyl (C=O) groups is 3. The molecule has 1 aliphatic heterocycles. The van der Waals surface area contributed by atoms with Gasteiger partial charge in [-0.1, -0.05) is 19.1 Å². The lowest BCUT2D eigenvalue weighted by molar-refractivity contribution is -0.151. The molecule has 1 aromatic rings. The van der Waals surface area contributed by atoms with Crippen molar-refractivity contribution in [1.82, 2.24) is 5.32 Å². The zero-order valence-corrected chi connectivity index (χ0v) is 19.2. The molecule has 0 fully saturated rings. The number of carbonyl (C=O) groups excluding carboxylic acids is 3. The zero-order chi connectivity index (χ0) is 25.2. The molecule has 1 aliphatic carbocycles. The minimum Gasteiger partial charge on any atom is -0.468 e. The number of ketones is 1. The number of hydrogen-bond donors (Lipinski definition) is 1. The van der Waals surface area contributed by atoms with Crippen molar-refractivity contribution in [1.29, 1.82) is 0 Å². The number of benzene rings is 1. The minimum absolute atomic E-state index is 0.0481. The summed E-state index contributed by atoms with van der Waals surface area (Å²) in [6.07, 6.45) is -4.22. The zero-order valence-electron chi connectivity index (χ0n) is 19.2. The van der Waals surface area contributed by atoms with E-state index >= 15 is 0 Å². The van der Waals surface area contributed by atoms with E-state index in [1.54, 1.807) is 13.8 Å². The van der Waals surface area contributed by atoms with E-state index in [0.29, 0.717) is 23.4 Å². The standard InChI is InChI=1S/C24H26F3NO6/c1-12-11-16-20(21(29)17(12)22(30)33-4)19(14-5-7-15(8-6-14)24(25,26)27)18(13(2)28-16)23(31)34-10-9-32-3/h5-8,12,17,19,28H,9-11H2,1-4H3/t12-,17-,19+/m0/s1. The molecule has 1 aromatic carbocycles. The first-order valence-corrected chi connectivity index (χ1v) is 10.7. The lowest BCUT2D eigenvalue weighted by Gasteiger charge is -2.38. The number of Topliss-reactive ketones (excluding diaryl/α,β-unsaturated/α-hetero) is 1. The molecule has 184 valence electrons. The van der Waals surface area contributed by atoms with Crippen LogP contribution < -0.4 is 5.32 Å². The van der Waals surface area contributed by atoms with E-state index in [0.717, 1.165) is 12.1 Å². The van der Waals surface area contributed by atoms with Crippen LogP contribution in [0.4, 0.5) is 13.2 Å². The van der Waals surface area contributed by atoms with Crippen LogP contribution in [-0.4, -0.2) is 45.2 Å². The van der Waals surface area contributed by atoms with Crippen LogP contribution in [0.3, 0.4) is 0 Å². The van der Waals surface area contributed by atoms with E-state index in [1.807, 2.05) is 0 Å². The molecule has 34 heavy (non-hydrogen) atoms. The molecule has 2 aliphatic rings. The summed E-state index contributed by atoms with van der Waals surface area (Å²) < 4.78 is 54.4. The number of rotatable bonds is 6. The van der Waals surface area contributed by atoms with Gasteiger partial charge in [-0.15, -0.1) is 0 Å². The number of alkyl halides is 3. The smallest absolute Gasteiger partial charge is 0.416 e. The van der Waals surface area contributed by atoms with Crippen molar-refractivity contribution in [3.8, 4) is 0 Å². The van der Waals surface area contributed by atoms with Crippen LogP contribution >= 0.6 is 0 Å². The fraction of sp³-hybridized carbons (Fsp3) is 0.458. The summed E-state index contributed by atoms with van der Waals surface area (Å²) in [5.74, 6) is -4.45. The van der Waals surface area contributed by atoms with E-state index in [9.17, 15) is 27.6 Å². The van der Waals surface area contributed by atoms with Crippen molar-refractivity contribution in [2.75, 3.05) is 27.4 Å². The molecule has 0 unspecified atom stereocenters. The average Bonchev–Trinajstić information content (AvgIpc) is 2.77. The van der Waals surface area contributed by atoms with E-state index < -0.39 is 41.3 Å². The third-order valence-corrected chi connectivity index (χ3v) is 6.05. The molecule has 0 saturated carbocycles. The maximum absolute atomic E-state index is 13.5. The Balaban J connectivity index is 2.13. The van der Waals surface area contributed by atoms with Gasteiger partial charge >= 0.3 is 18.1 Å². The molecule has 0 aromatic heterocycles. The Kier molecular flexibility index (Phi) is 7.50. The van der Waals surface area contributed by atoms with E-state index in [-0.39, 0.29) is 30.3 Å². The lowest BCUT2D eigenvalue weighted by atomic mass is 9.69. The van der Waals surface area contributed by atoms with Crippen molar-refractivity contribution >= 4 is 17.7 Å². The predicted molar refractivity (Wildman–Crippen MR) is 114 cm³/mol. The second-order valence-corrected chi connectivity index (χ2v) is 8.28. The summed E-state index contributed by atoms with van der Waals surface area (Å²) in [6, 6.07) is 4.26. The van der Waals surface area contributed by atoms with Gasteiger partial charge in [0.05, 0.1) is 24.9 Å². The monoisotopic (exact) mass is 481 g/mol. The van der Waals surface area contributed by atoms with E-state index in [1.165, 1.54) is 26.4 Å². The Labute approximate surface area is 194 Å². The fourth-order valence-electron chi connectivity index (χ4n) is 4.44. The van der Waals surface area contributed by atoms with Gasteiger partial charge < -0.3 is 19.5 Å². The van der Waals surface area contributed by atoms with Gasteiger partial charge in [0.15, 0.2) is 5.78 Å². The number of ether oxygens (including phenoxy) is 3. The molecule has 10 heteroatoms. The van der Waals surface area contributed by atoms with Crippen molar-refractivity contribution in [3.05, 3.63) is 57.9 Å². The largest absolute Gasteiger partial charge is 0.468 e. The van der Waals surface area contributed by atoms with Crippen molar-refractivity contribution < 1.29 is 41.8 Å². The maximum Gasteiger partial charge on any atom is 0.416 e. The number of hydrogen-bond acceptors (Lipinski definition) is 7. The third kappa shape index (κ3) is 4.86. The van der Waals surface area contributed by atoms with E-state index in [4.69, 9.17) is 14.2 Å². The molecular weight excluding hydrogens is 455 g/mol. The Morgan fingerprint density at radius 1 is 1.12 bits per heavy atom. The lowest BCUT2D eigenvalue weighted by Crippen LogP contribution is -2.43. The van der Waals surface area contributed by atoms with Crippen LogP contribution in [0.2, 0.25) is 0 Å². The van der Waals surface area contributed by atoms with Gasteiger partial charge in [-0.05, 0) is 37.0 Å². The van der Waals surface area contributed by atoms with Crippen LogP contribution in [0.1, 0.15) is 37.3 Å². The minimum atomic E-state index is -4.54. The Morgan fingerprint density at radius 3 is 2.32 bits per heavy atom. The third-order valence-electron chi connectivity index (χ3n) is 6.05. The summed E-state index contributed by atoms with van der Waals surface area (Å²) in [5, 5.41) is 3.09. The summed E-state index contributed by atoms with van der Waals surface area (Å²) in [4.78, 5) is 39.0. The van der Waals surface area contributed by atoms with Gasteiger partial charge in [0.2, 0.25) is 0 Å². The van der Waals surface area contributed by atoms with E-state index in [2.05, 4.69) is 5.32 Å². The molecule has 3 atom stereocenters. The molecule has 1 heterocycles. The van der Waals surface area contributed by atoms with Crippen LogP contribution in [-0.2, 0) is 34.8 Å². The summed E-state index contributed by atoms with van der Waals surface area (Å²) >= 11 is 0. The molecule has 7 nitrogen and oxygen atoms in total. The van der Waals surface area contributed by atoms with Crippen molar-refractivity contribution in [2.24, 2.45) is 11.8 Å². The molecule has 0 saturated heterocycles. The second kappa shape index (κ2) is 10.0. The van der Waals surface area contributed by atoms with Crippen LogP contribution in [0.15, 0.2) is 46.8 Å². The van der Waals surface area contributed by atoms with Gasteiger partial charge in [-0.25, -0.2) is 4.79 Å². The first-order chi connectivity index (χ1) is 16.0. The Bertz CT molecular complexity index is 1040. The second-order valence-electron chi connectivity index (χ2n) is 8.28. The number of dihydropyridines is 1. The first-order valence-electron chi connectivity index (χ1n) is 10.7. The highest BCUT2D eigenvalue weighted by Gasteiger charge is 2.47. The molecule has 0 amide bonds. The first kappa shape index (κ1) is 25.5. The highest BCUT2D eigenvalue weighted by molar-refractivity contribution is 6.12. The quantitative estimate of drug-likeness (QED) is 0.378. The topological polar surface area (TPSA) is 90.9 Å². The van der Waals surface area contributed by atoms with Crippen LogP contribution in [0, 0.1) is 11.8 Å². The summed E-state index contributed by atoms with van der Waals surface area (Å²) in [5.41, 5.74) is 0.613. The molecular formula is C24H26F3NO6. The Morgan fingerprint density at radius 2 is 1.76 bits per heavy atom. The number of halogens is 3. The number of allylic oxidation sites excluding steroid dienone is 3. The number of nitrogens with one attached hydrogen (secondary N) is 1. The van der Waals surface area contributed by atoms with Gasteiger partial charge in [-0.2, -0.15) is 13.2 Å².